The molecule has 0 aliphatic heterocycles. The highest BCUT2D eigenvalue weighted by Gasteiger charge is 2.05. The molecule has 0 saturated carbocycles. The van der Waals surface area contributed by atoms with Gasteiger partial charge in [0.1, 0.15) is 5.52 Å². The Morgan fingerprint density at radius 1 is 1.58 bits per heavy atom. The first-order chi connectivity index (χ1) is 5.81. The highest BCUT2D eigenvalue weighted by Crippen LogP contribution is 2.20. The number of nitrogens with zero attached hydrogens (tertiary/aromatic N) is 2. The summed E-state index contributed by atoms with van der Waals surface area (Å²) in [5.74, 6) is 0.586. The second-order valence-corrected chi connectivity index (χ2v) is 3.26. The van der Waals surface area contributed by atoms with Crippen molar-refractivity contribution in [2.24, 2.45) is 0 Å². The van der Waals surface area contributed by atoms with Gasteiger partial charge in [0, 0.05) is 6.20 Å². The number of halogens is 1. The lowest BCUT2D eigenvalue weighted by Gasteiger charge is -1.96. The van der Waals surface area contributed by atoms with E-state index in [4.69, 9.17) is 4.74 Å². The standard InChI is InChI=1S/C7H6IN3O/c1-12-6-5-4(2-3-9-6)10-7(8)11-5/h2-3H,1H3,(H,10,11). The molecule has 2 aromatic rings. The Morgan fingerprint density at radius 2 is 2.42 bits per heavy atom. The summed E-state index contributed by atoms with van der Waals surface area (Å²) in [5.41, 5.74) is 1.73. The quantitative estimate of drug-likeness (QED) is 0.804. The number of H-pyrrole nitrogens is 1. The monoisotopic (exact) mass is 275 g/mol. The highest BCUT2D eigenvalue weighted by molar-refractivity contribution is 14.1. The van der Waals surface area contributed by atoms with E-state index in [1.54, 1.807) is 13.3 Å². The van der Waals surface area contributed by atoms with E-state index < -0.39 is 0 Å². The van der Waals surface area contributed by atoms with Crippen molar-refractivity contribution in [2.75, 3.05) is 7.11 Å². The third-order valence-corrected chi connectivity index (χ3v) is 2.05. The van der Waals surface area contributed by atoms with Gasteiger partial charge in [-0.3, -0.25) is 0 Å². The molecule has 2 aromatic heterocycles. The highest BCUT2D eigenvalue weighted by atomic mass is 127. The Labute approximate surface area is 82.5 Å². The summed E-state index contributed by atoms with van der Waals surface area (Å²) in [6.45, 7) is 0. The van der Waals surface area contributed by atoms with Crippen LogP contribution in [0.25, 0.3) is 11.0 Å². The van der Waals surface area contributed by atoms with Crippen molar-refractivity contribution in [3.63, 3.8) is 0 Å². The van der Waals surface area contributed by atoms with Crippen LogP contribution in [0.5, 0.6) is 5.88 Å². The van der Waals surface area contributed by atoms with Crippen molar-refractivity contribution in [3.05, 3.63) is 16.1 Å². The van der Waals surface area contributed by atoms with E-state index in [-0.39, 0.29) is 0 Å². The van der Waals surface area contributed by atoms with Gasteiger partial charge in [-0.2, -0.15) is 0 Å². The summed E-state index contributed by atoms with van der Waals surface area (Å²) < 4.78 is 5.90. The first-order valence-electron chi connectivity index (χ1n) is 3.35. The molecule has 4 nitrogen and oxygen atoms in total. The maximum atomic E-state index is 5.06. The van der Waals surface area contributed by atoms with Crippen LogP contribution in [-0.2, 0) is 0 Å². The molecule has 0 fully saturated rings. The second-order valence-electron chi connectivity index (χ2n) is 2.24. The van der Waals surface area contributed by atoms with E-state index in [1.807, 2.05) is 6.07 Å². The smallest absolute Gasteiger partial charge is 0.239 e. The average Bonchev–Trinajstić information content (AvgIpc) is 2.44. The van der Waals surface area contributed by atoms with Crippen LogP contribution in [0.3, 0.4) is 0 Å². The van der Waals surface area contributed by atoms with Gasteiger partial charge >= 0.3 is 0 Å². The van der Waals surface area contributed by atoms with Crippen molar-refractivity contribution in [1.82, 2.24) is 15.0 Å². The molecule has 0 unspecified atom stereocenters. The lowest BCUT2D eigenvalue weighted by atomic mass is 10.4. The number of pyridine rings is 1. The summed E-state index contributed by atoms with van der Waals surface area (Å²) in [4.78, 5) is 11.3. The van der Waals surface area contributed by atoms with Gasteiger partial charge < -0.3 is 9.72 Å². The molecule has 0 aliphatic rings. The number of rotatable bonds is 1. The second kappa shape index (κ2) is 2.89. The molecular weight excluding hydrogens is 269 g/mol. The zero-order valence-corrected chi connectivity index (χ0v) is 8.49. The third-order valence-electron chi connectivity index (χ3n) is 1.53. The van der Waals surface area contributed by atoms with Gasteiger partial charge in [0.15, 0.2) is 3.83 Å². The number of fused-ring (bicyclic) bond motifs is 1. The molecular formula is C7H6IN3O. The molecule has 0 radical (unpaired) electrons. The lowest BCUT2D eigenvalue weighted by molar-refractivity contribution is 0.402. The Kier molecular flexibility index (Phi) is 1.87. The topological polar surface area (TPSA) is 50.8 Å². The van der Waals surface area contributed by atoms with Gasteiger partial charge in [-0.1, -0.05) is 0 Å². The average molecular weight is 275 g/mol. The van der Waals surface area contributed by atoms with Crippen LogP contribution in [0.4, 0.5) is 0 Å². The first kappa shape index (κ1) is 7.78. The predicted octanol–water partition coefficient (Wildman–Crippen LogP) is 1.57. The summed E-state index contributed by atoms with van der Waals surface area (Å²) in [6, 6.07) is 1.84. The molecule has 2 rings (SSSR count). The molecule has 2 heterocycles. The summed E-state index contributed by atoms with van der Waals surface area (Å²) in [7, 11) is 1.59. The summed E-state index contributed by atoms with van der Waals surface area (Å²) in [6.07, 6.45) is 1.68. The molecule has 0 aromatic carbocycles. The molecule has 0 aliphatic carbocycles. The minimum Gasteiger partial charge on any atom is -0.479 e. The molecule has 0 atom stereocenters. The number of hydrogen-bond acceptors (Lipinski definition) is 3. The number of hydrogen-bond donors (Lipinski definition) is 1. The van der Waals surface area contributed by atoms with E-state index in [9.17, 15) is 0 Å². The van der Waals surface area contributed by atoms with E-state index in [0.29, 0.717) is 5.88 Å². The van der Waals surface area contributed by atoms with Gasteiger partial charge in [0.05, 0.1) is 12.6 Å². The molecule has 0 bridgehead atoms. The number of imidazole rings is 1. The summed E-state index contributed by atoms with van der Waals surface area (Å²) in [5, 5.41) is 0. The maximum Gasteiger partial charge on any atom is 0.239 e. The minimum atomic E-state index is 0.586. The van der Waals surface area contributed by atoms with Gasteiger partial charge in [0.25, 0.3) is 0 Å². The van der Waals surface area contributed by atoms with Crippen molar-refractivity contribution >= 4 is 33.6 Å². The molecule has 12 heavy (non-hydrogen) atoms. The van der Waals surface area contributed by atoms with Crippen LogP contribution in [0.1, 0.15) is 0 Å². The molecule has 0 spiro atoms. The molecule has 62 valence electrons. The third kappa shape index (κ3) is 1.13. The fourth-order valence-electron chi connectivity index (χ4n) is 1.04. The number of aromatic amines is 1. The number of methoxy groups -OCH3 is 1. The molecule has 5 heteroatoms. The Balaban J connectivity index is 2.78. The van der Waals surface area contributed by atoms with Crippen molar-refractivity contribution < 1.29 is 4.74 Å². The molecule has 0 saturated heterocycles. The zero-order valence-electron chi connectivity index (χ0n) is 6.34. The largest absolute Gasteiger partial charge is 0.479 e. The molecule has 0 amide bonds. The van der Waals surface area contributed by atoms with Crippen molar-refractivity contribution in [1.29, 1.82) is 0 Å². The van der Waals surface area contributed by atoms with Gasteiger partial charge in [-0.25, -0.2) is 9.97 Å². The lowest BCUT2D eigenvalue weighted by Crippen LogP contribution is -1.87. The van der Waals surface area contributed by atoms with Gasteiger partial charge in [-0.15, -0.1) is 0 Å². The maximum absolute atomic E-state index is 5.06. The fourth-order valence-corrected chi connectivity index (χ4v) is 1.56. The Bertz CT molecular complexity index is 412. The van der Waals surface area contributed by atoms with Gasteiger partial charge in [-0.05, 0) is 28.7 Å². The van der Waals surface area contributed by atoms with E-state index in [2.05, 4.69) is 37.5 Å². The van der Waals surface area contributed by atoms with Crippen LogP contribution in [0.2, 0.25) is 0 Å². The van der Waals surface area contributed by atoms with E-state index in [1.165, 1.54) is 0 Å². The van der Waals surface area contributed by atoms with Crippen molar-refractivity contribution in [2.45, 2.75) is 0 Å². The van der Waals surface area contributed by atoms with Crippen LogP contribution in [0, 0.1) is 3.83 Å². The minimum absolute atomic E-state index is 0.586. The van der Waals surface area contributed by atoms with Crippen LogP contribution >= 0.6 is 22.6 Å². The zero-order chi connectivity index (χ0) is 8.55. The van der Waals surface area contributed by atoms with Crippen LogP contribution in [-0.4, -0.2) is 22.1 Å². The Morgan fingerprint density at radius 3 is 3.17 bits per heavy atom. The van der Waals surface area contributed by atoms with E-state index in [0.717, 1.165) is 14.9 Å². The van der Waals surface area contributed by atoms with E-state index >= 15 is 0 Å². The SMILES string of the molecule is COc1nccc2nc(I)[nH]c12. The number of nitrogens with one attached hydrogen (secondary N) is 1. The predicted molar refractivity (Wildman–Crippen MR) is 53.2 cm³/mol. The molecule has 1 N–H and O–H groups in total. The normalized spacial score (nSPS) is 10.5. The summed E-state index contributed by atoms with van der Waals surface area (Å²) >= 11 is 2.12. The van der Waals surface area contributed by atoms with Crippen LogP contribution < -0.4 is 4.74 Å². The Hall–Kier alpha value is -0.850. The van der Waals surface area contributed by atoms with Gasteiger partial charge in [0.2, 0.25) is 5.88 Å². The number of aromatic nitrogens is 3. The van der Waals surface area contributed by atoms with Crippen molar-refractivity contribution in [3.8, 4) is 5.88 Å². The first-order valence-corrected chi connectivity index (χ1v) is 4.43. The number of ether oxygens (including phenoxy) is 1. The fraction of sp³-hybridized carbons (Fsp3) is 0.143. The van der Waals surface area contributed by atoms with Crippen LogP contribution in [0.15, 0.2) is 12.3 Å².